The summed E-state index contributed by atoms with van der Waals surface area (Å²) in [6.07, 6.45) is 1.67. The fourth-order valence-corrected chi connectivity index (χ4v) is 2.09. The third-order valence-corrected chi connectivity index (χ3v) is 2.76. The largest absolute Gasteiger partial charge is 0.465 e. The van der Waals surface area contributed by atoms with E-state index < -0.39 is 6.09 Å². The van der Waals surface area contributed by atoms with Crippen molar-refractivity contribution in [2.24, 2.45) is 0 Å². The molecule has 0 aromatic carbocycles. The van der Waals surface area contributed by atoms with Gasteiger partial charge in [0.2, 0.25) is 0 Å². The molecule has 88 valence electrons. The molecule has 2 rings (SSSR count). The number of amides is 1. The van der Waals surface area contributed by atoms with E-state index in [2.05, 4.69) is 26.3 Å². The van der Waals surface area contributed by atoms with E-state index in [1.165, 1.54) is 0 Å². The van der Waals surface area contributed by atoms with E-state index in [1.54, 1.807) is 10.7 Å². The average molecular weight is 290 g/mol. The Labute approximate surface area is 101 Å². The van der Waals surface area contributed by atoms with Crippen LogP contribution in [-0.2, 0) is 4.74 Å². The summed E-state index contributed by atoms with van der Waals surface area (Å²) < 4.78 is 7.70. The maximum absolute atomic E-state index is 10.6. The molecule has 0 saturated carbocycles. The predicted octanol–water partition coefficient (Wildman–Crippen LogP) is 2.43. The van der Waals surface area contributed by atoms with E-state index in [0.717, 1.165) is 19.3 Å². The van der Waals surface area contributed by atoms with E-state index >= 15 is 0 Å². The molecule has 1 fully saturated rings. The Kier molecular flexibility index (Phi) is 3.45. The van der Waals surface area contributed by atoms with E-state index in [-0.39, 0.29) is 6.23 Å². The first-order valence-electron chi connectivity index (χ1n) is 5.03. The number of carboxylic acid groups (broad SMARTS) is 1. The highest BCUT2D eigenvalue weighted by atomic mass is 79.9. The Balaban J connectivity index is 2.20. The van der Waals surface area contributed by atoms with E-state index in [4.69, 9.17) is 9.84 Å². The zero-order valence-electron chi connectivity index (χ0n) is 8.52. The van der Waals surface area contributed by atoms with Gasteiger partial charge in [0, 0.05) is 12.7 Å². The van der Waals surface area contributed by atoms with Crippen molar-refractivity contribution in [2.75, 3.05) is 11.9 Å². The number of nitrogens with zero attached hydrogens (tertiary/aromatic N) is 2. The maximum atomic E-state index is 10.6. The molecule has 2 N–H and O–H groups in total. The Bertz CT molecular complexity index is 387. The van der Waals surface area contributed by atoms with Crippen molar-refractivity contribution in [1.29, 1.82) is 0 Å². The summed E-state index contributed by atoms with van der Waals surface area (Å²) >= 11 is 3.22. The van der Waals surface area contributed by atoms with Gasteiger partial charge in [0.25, 0.3) is 0 Å². The normalized spacial score (nSPS) is 20.7. The molecule has 0 aliphatic carbocycles. The van der Waals surface area contributed by atoms with Gasteiger partial charge >= 0.3 is 6.09 Å². The fourth-order valence-electron chi connectivity index (χ4n) is 1.70. The molecule has 1 amide bonds. The van der Waals surface area contributed by atoms with Gasteiger partial charge in [-0.2, -0.15) is 5.10 Å². The summed E-state index contributed by atoms with van der Waals surface area (Å²) in [5.74, 6) is 0.422. The predicted molar refractivity (Wildman–Crippen MR) is 60.4 cm³/mol. The molecular weight excluding hydrogens is 278 g/mol. The Hall–Kier alpha value is -1.08. The Morgan fingerprint density at radius 1 is 1.69 bits per heavy atom. The summed E-state index contributed by atoms with van der Waals surface area (Å²) in [5.41, 5.74) is 0. The smallest absolute Gasteiger partial charge is 0.410 e. The van der Waals surface area contributed by atoms with Gasteiger partial charge in [-0.15, -0.1) is 0 Å². The molecule has 1 saturated heterocycles. The second-order valence-electron chi connectivity index (χ2n) is 3.55. The highest BCUT2D eigenvalue weighted by Crippen LogP contribution is 2.27. The lowest BCUT2D eigenvalue weighted by atomic mass is 10.2. The van der Waals surface area contributed by atoms with Crippen molar-refractivity contribution < 1.29 is 14.6 Å². The van der Waals surface area contributed by atoms with Crippen LogP contribution in [0.4, 0.5) is 10.6 Å². The second-order valence-corrected chi connectivity index (χ2v) is 4.36. The molecule has 1 aromatic heterocycles. The van der Waals surface area contributed by atoms with Crippen LogP contribution in [0.5, 0.6) is 0 Å². The van der Waals surface area contributed by atoms with E-state index in [0.29, 0.717) is 17.0 Å². The zero-order valence-corrected chi connectivity index (χ0v) is 10.1. The van der Waals surface area contributed by atoms with Crippen molar-refractivity contribution in [3.63, 3.8) is 0 Å². The molecule has 1 atom stereocenters. The summed E-state index contributed by atoms with van der Waals surface area (Å²) in [5, 5.41) is 15.2. The molecule has 2 heterocycles. The minimum absolute atomic E-state index is 0.179. The first-order valence-corrected chi connectivity index (χ1v) is 5.83. The summed E-state index contributed by atoms with van der Waals surface area (Å²) in [4.78, 5) is 10.6. The molecule has 16 heavy (non-hydrogen) atoms. The van der Waals surface area contributed by atoms with Crippen LogP contribution in [-0.4, -0.2) is 27.6 Å². The van der Waals surface area contributed by atoms with E-state index in [1.807, 2.05) is 0 Å². The number of rotatable bonds is 2. The van der Waals surface area contributed by atoms with Gasteiger partial charge in [0.05, 0.1) is 0 Å². The van der Waals surface area contributed by atoms with Crippen molar-refractivity contribution in [2.45, 2.75) is 25.5 Å². The van der Waals surface area contributed by atoms with Gasteiger partial charge in [0.1, 0.15) is 10.4 Å². The molecule has 1 unspecified atom stereocenters. The number of hydrogen-bond acceptors (Lipinski definition) is 3. The third kappa shape index (κ3) is 2.53. The first kappa shape index (κ1) is 11.4. The van der Waals surface area contributed by atoms with Crippen LogP contribution in [0.25, 0.3) is 0 Å². The number of hydrogen-bond donors (Lipinski definition) is 2. The van der Waals surface area contributed by atoms with Crippen LogP contribution < -0.4 is 5.32 Å². The van der Waals surface area contributed by atoms with Gasteiger partial charge in [-0.1, -0.05) is 0 Å². The first-order chi connectivity index (χ1) is 7.66. The fraction of sp³-hybridized carbons (Fsp3) is 0.556. The van der Waals surface area contributed by atoms with Crippen molar-refractivity contribution in [1.82, 2.24) is 9.78 Å². The molecular formula is C9H12BrN3O3. The quantitative estimate of drug-likeness (QED) is 0.877. The lowest BCUT2D eigenvalue weighted by molar-refractivity contribution is -0.0382. The van der Waals surface area contributed by atoms with Crippen LogP contribution >= 0.6 is 15.9 Å². The molecule has 0 radical (unpaired) electrons. The number of nitrogens with one attached hydrogen (secondary N) is 1. The monoisotopic (exact) mass is 289 g/mol. The van der Waals surface area contributed by atoms with Crippen molar-refractivity contribution >= 4 is 27.8 Å². The zero-order chi connectivity index (χ0) is 11.5. The van der Waals surface area contributed by atoms with Crippen LogP contribution in [0.15, 0.2) is 10.7 Å². The number of halogens is 1. The number of carbonyl (C=O) groups is 1. The molecule has 0 spiro atoms. The molecule has 1 aliphatic rings. The maximum Gasteiger partial charge on any atom is 0.410 e. The van der Waals surface area contributed by atoms with Crippen LogP contribution in [0.2, 0.25) is 0 Å². The number of anilines is 1. The van der Waals surface area contributed by atoms with E-state index in [9.17, 15) is 4.79 Å². The Morgan fingerprint density at radius 2 is 2.50 bits per heavy atom. The minimum Gasteiger partial charge on any atom is -0.465 e. The topological polar surface area (TPSA) is 76.4 Å². The Morgan fingerprint density at radius 3 is 3.12 bits per heavy atom. The molecule has 1 aromatic rings. The summed E-state index contributed by atoms with van der Waals surface area (Å²) in [6.45, 7) is 0.689. The molecule has 6 nitrogen and oxygen atoms in total. The summed E-state index contributed by atoms with van der Waals surface area (Å²) in [6, 6.07) is 1.62. The second kappa shape index (κ2) is 4.84. The van der Waals surface area contributed by atoms with Gasteiger partial charge in [-0.3, -0.25) is 5.32 Å². The molecule has 1 aliphatic heterocycles. The van der Waals surface area contributed by atoms with Crippen LogP contribution in [0.3, 0.4) is 0 Å². The van der Waals surface area contributed by atoms with Gasteiger partial charge in [-0.25, -0.2) is 9.48 Å². The highest BCUT2D eigenvalue weighted by Gasteiger charge is 2.20. The third-order valence-electron chi connectivity index (χ3n) is 2.37. The summed E-state index contributed by atoms with van der Waals surface area (Å²) in [7, 11) is 0. The van der Waals surface area contributed by atoms with Crippen molar-refractivity contribution in [3.05, 3.63) is 10.7 Å². The number of ether oxygens (including phenoxy) is 1. The number of aromatic nitrogens is 2. The van der Waals surface area contributed by atoms with Crippen molar-refractivity contribution in [3.8, 4) is 0 Å². The lowest BCUT2D eigenvalue weighted by Gasteiger charge is -2.24. The SMILES string of the molecule is O=C(O)Nc1cc(Br)nn1C1CCCCO1. The minimum atomic E-state index is -1.11. The van der Waals surface area contributed by atoms with Gasteiger partial charge in [0.15, 0.2) is 6.23 Å². The van der Waals surface area contributed by atoms with Crippen LogP contribution in [0.1, 0.15) is 25.5 Å². The standard InChI is InChI=1S/C9H12BrN3O3/c10-6-5-7(11-9(14)15)13(12-6)8-3-1-2-4-16-8/h5,8,11H,1-4H2,(H,14,15). The molecule has 7 heteroatoms. The van der Waals surface area contributed by atoms with Crippen LogP contribution in [0, 0.1) is 0 Å². The van der Waals surface area contributed by atoms with Gasteiger partial charge < -0.3 is 9.84 Å². The lowest BCUT2D eigenvalue weighted by Crippen LogP contribution is -2.22. The molecule has 0 bridgehead atoms. The van der Waals surface area contributed by atoms with Gasteiger partial charge in [-0.05, 0) is 35.2 Å². The average Bonchev–Trinajstić information content (AvgIpc) is 2.60. The highest BCUT2D eigenvalue weighted by molar-refractivity contribution is 9.10.